The van der Waals surface area contributed by atoms with Crippen LogP contribution in [0.5, 0.6) is 0 Å². The summed E-state index contributed by atoms with van der Waals surface area (Å²) in [7, 11) is 3.99. The van der Waals surface area contributed by atoms with Gasteiger partial charge >= 0.3 is 0 Å². The molecule has 2 aromatic heterocycles. The maximum atomic E-state index is 15.1. The van der Waals surface area contributed by atoms with Crippen molar-refractivity contribution in [3.05, 3.63) is 69.0 Å². The molecule has 3 N–H and O–H groups in total. The normalized spacial score (nSPS) is 14.1. The Bertz CT molecular complexity index is 1550. The Kier molecular flexibility index (Phi) is 6.85. The van der Waals surface area contributed by atoms with Crippen molar-refractivity contribution >= 4 is 33.9 Å². The molecular weight excluding hydrogens is 495 g/mol. The summed E-state index contributed by atoms with van der Waals surface area (Å²) in [5.74, 6) is -0.793. The fourth-order valence-corrected chi connectivity index (χ4v) is 4.91. The highest BCUT2D eigenvalue weighted by Crippen LogP contribution is 2.34. The van der Waals surface area contributed by atoms with Crippen molar-refractivity contribution in [2.24, 2.45) is 0 Å². The monoisotopic (exact) mass is 522 g/mol. The number of anilines is 2. The molecule has 3 heterocycles. The van der Waals surface area contributed by atoms with Crippen LogP contribution in [0.25, 0.3) is 33.3 Å². The third-order valence-electron chi connectivity index (χ3n) is 6.48. The van der Waals surface area contributed by atoms with Gasteiger partial charge in [-0.15, -0.1) is 0 Å². The Morgan fingerprint density at radius 1 is 1.08 bits per heavy atom. The number of aryl methyl sites for hydroxylation is 1. The van der Waals surface area contributed by atoms with Crippen molar-refractivity contribution in [2.75, 3.05) is 51.0 Å². The molecule has 0 atom stereocenters. The van der Waals surface area contributed by atoms with Crippen molar-refractivity contribution < 1.29 is 9.13 Å². The molecule has 10 heteroatoms. The van der Waals surface area contributed by atoms with Gasteiger partial charge in [-0.25, -0.2) is 4.98 Å². The van der Waals surface area contributed by atoms with Gasteiger partial charge in [-0.1, -0.05) is 23.7 Å². The highest BCUT2D eigenvalue weighted by molar-refractivity contribution is 6.36. The first-order chi connectivity index (χ1) is 17.7. The molecule has 37 heavy (non-hydrogen) atoms. The van der Waals surface area contributed by atoms with Gasteiger partial charge < -0.3 is 25.3 Å². The van der Waals surface area contributed by atoms with Gasteiger partial charge in [-0.05, 0) is 50.8 Å². The molecule has 0 aliphatic carbocycles. The van der Waals surface area contributed by atoms with E-state index < -0.39 is 5.95 Å². The van der Waals surface area contributed by atoms with E-state index in [-0.39, 0.29) is 17.1 Å². The SMILES string of the molecule is Cc1[nH]c(=O)c2ccc(-c3nc(-c4ccc(N5CCOCC5)c(CN(C)C)c4)c(F)nc3N)cc2c1Cl. The number of hydrogen-bond donors (Lipinski definition) is 2. The Hall–Kier alpha value is -3.53. The average molecular weight is 523 g/mol. The Balaban J connectivity index is 1.62. The van der Waals surface area contributed by atoms with Crippen LogP contribution in [-0.4, -0.2) is 60.3 Å². The average Bonchev–Trinajstić information content (AvgIpc) is 2.87. The zero-order valence-electron chi connectivity index (χ0n) is 20.9. The van der Waals surface area contributed by atoms with Crippen LogP contribution < -0.4 is 16.2 Å². The van der Waals surface area contributed by atoms with E-state index in [9.17, 15) is 4.79 Å². The van der Waals surface area contributed by atoms with E-state index in [1.807, 2.05) is 32.3 Å². The van der Waals surface area contributed by atoms with Crippen molar-refractivity contribution in [3.8, 4) is 22.5 Å². The zero-order chi connectivity index (χ0) is 26.3. The first-order valence-corrected chi connectivity index (χ1v) is 12.4. The van der Waals surface area contributed by atoms with Gasteiger partial charge in [0.2, 0.25) is 5.95 Å². The number of nitrogens with two attached hydrogens (primary N) is 1. The maximum absolute atomic E-state index is 15.1. The predicted molar refractivity (Wildman–Crippen MR) is 146 cm³/mol. The number of aromatic amines is 1. The lowest BCUT2D eigenvalue weighted by atomic mass is 10.0. The number of ether oxygens (including phenoxy) is 1. The van der Waals surface area contributed by atoms with Crippen LogP contribution in [0.4, 0.5) is 15.9 Å². The molecule has 0 saturated carbocycles. The molecule has 0 amide bonds. The number of fused-ring (bicyclic) bond motifs is 1. The first-order valence-electron chi connectivity index (χ1n) is 12.0. The van der Waals surface area contributed by atoms with Gasteiger partial charge in [0.05, 0.1) is 18.2 Å². The lowest BCUT2D eigenvalue weighted by molar-refractivity contribution is 0.122. The second-order valence-corrected chi connectivity index (χ2v) is 9.81. The second-order valence-electron chi connectivity index (χ2n) is 9.43. The van der Waals surface area contributed by atoms with Crippen molar-refractivity contribution in [2.45, 2.75) is 13.5 Å². The molecule has 1 aliphatic rings. The summed E-state index contributed by atoms with van der Waals surface area (Å²) in [6.45, 7) is 5.34. The van der Waals surface area contributed by atoms with Crippen LogP contribution in [-0.2, 0) is 11.3 Å². The van der Waals surface area contributed by atoms with Gasteiger partial charge in [0.15, 0.2) is 5.82 Å². The number of H-pyrrole nitrogens is 1. The van der Waals surface area contributed by atoms with Crippen LogP contribution in [0.15, 0.2) is 41.2 Å². The quantitative estimate of drug-likeness (QED) is 0.404. The Morgan fingerprint density at radius 2 is 1.78 bits per heavy atom. The predicted octanol–water partition coefficient (Wildman–Crippen LogP) is 4.23. The lowest BCUT2D eigenvalue weighted by Crippen LogP contribution is -2.37. The van der Waals surface area contributed by atoms with Crippen LogP contribution in [0, 0.1) is 12.9 Å². The third kappa shape index (κ3) is 4.90. The molecule has 1 saturated heterocycles. The minimum atomic E-state index is -0.748. The van der Waals surface area contributed by atoms with E-state index in [0.29, 0.717) is 58.1 Å². The number of halogens is 2. The largest absolute Gasteiger partial charge is 0.382 e. The van der Waals surface area contributed by atoms with E-state index >= 15 is 4.39 Å². The fraction of sp³-hybridized carbons (Fsp3) is 0.296. The minimum absolute atomic E-state index is 0.0447. The maximum Gasteiger partial charge on any atom is 0.256 e. The number of benzene rings is 2. The number of morpholine rings is 1. The van der Waals surface area contributed by atoms with Gasteiger partial charge in [-0.2, -0.15) is 9.37 Å². The van der Waals surface area contributed by atoms with E-state index in [0.717, 1.165) is 24.3 Å². The number of nitrogens with one attached hydrogen (secondary N) is 1. The van der Waals surface area contributed by atoms with E-state index in [1.54, 1.807) is 25.1 Å². The molecule has 0 radical (unpaired) electrons. The summed E-state index contributed by atoms with van der Waals surface area (Å²) in [5.41, 5.74) is 10.2. The summed E-state index contributed by atoms with van der Waals surface area (Å²) < 4.78 is 20.7. The molecule has 0 bridgehead atoms. The molecular formula is C27H28ClFN6O2. The summed E-state index contributed by atoms with van der Waals surface area (Å²) in [6.07, 6.45) is 0. The van der Waals surface area contributed by atoms with Crippen molar-refractivity contribution in [1.82, 2.24) is 19.9 Å². The number of nitrogens with zero attached hydrogens (tertiary/aromatic N) is 4. The summed E-state index contributed by atoms with van der Waals surface area (Å²) in [4.78, 5) is 28.1. The smallest absolute Gasteiger partial charge is 0.256 e. The summed E-state index contributed by atoms with van der Waals surface area (Å²) in [6, 6.07) is 10.9. The molecule has 8 nitrogen and oxygen atoms in total. The molecule has 5 rings (SSSR count). The summed E-state index contributed by atoms with van der Waals surface area (Å²) in [5, 5.41) is 1.44. The van der Waals surface area contributed by atoms with Crippen LogP contribution >= 0.6 is 11.6 Å². The van der Waals surface area contributed by atoms with Gasteiger partial charge in [-0.3, -0.25) is 4.79 Å². The Labute approximate surface area is 218 Å². The molecule has 0 unspecified atom stereocenters. The molecule has 1 aliphatic heterocycles. The van der Waals surface area contributed by atoms with E-state index in [1.165, 1.54) is 0 Å². The lowest BCUT2D eigenvalue weighted by Gasteiger charge is -2.31. The molecule has 2 aromatic carbocycles. The standard InChI is InChI=1S/C27H28ClFN6O2/c1-15-22(28)20-13-17(4-6-19(20)27(36)31-15)24-26(30)33-25(29)23(32-24)16-5-7-21(18(12-16)14-34(2)3)35-8-10-37-11-9-35/h4-7,12-13H,8-11,14H2,1-3H3,(H2,30,33)(H,31,36). The van der Waals surface area contributed by atoms with Crippen LogP contribution in [0.3, 0.4) is 0 Å². The number of hydrogen-bond acceptors (Lipinski definition) is 7. The van der Waals surface area contributed by atoms with Crippen LogP contribution in [0.2, 0.25) is 5.02 Å². The van der Waals surface area contributed by atoms with E-state index in [2.05, 4.69) is 24.8 Å². The topological polar surface area (TPSA) is 100 Å². The molecule has 192 valence electrons. The van der Waals surface area contributed by atoms with Crippen molar-refractivity contribution in [3.63, 3.8) is 0 Å². The molecule has 1 fully saturated rings. The van der Waals surface area contributed by atoms with E-state index in [4.69, 9.17) is 22.1 Å². The number of aromatic nitrogens is 3. The molecule has 0 spiro atoms. The third-order valence-corrected chi connectivity index (χ3v) is 6.96. The van der Waals surface area contributed by atoms with Crippen molar-refractivity contribution in [1.29, 1.82) is 0 Å². The van der Waals surface area contributed by atoms with Crippen LogP contribution in [0.1, 0.15) is 11.3 Å². The number of nitrogen functional groups attached to an aromatic ring is 1. The molecule has 4 aromatic rings. The minimum Gasteiger partial charge on any atom is -0.382 e. The Morgan fingerprint density at radius 3 is 2.51 bits per heavy atom. The summed E-state index contributed by atoms with van der Waals surface area (Å²) >= 11 is 6.47. The van der Waals surface area contributed by atoms with Gasteiger partial charge in [0.25, 0.3) is 5.56 Å². The number of pyridine rings is 1. The highest BCUT2D eigenvalue weighted by atomic mass is 35.5. The number of rotatable bonds is 5. The first kappa shape index (κ1) is 25.1. The van der Waals surface area contributed by atoms with Gasteiger partial charge in [0.1, 0.15) is 11.4 Å². The zero-order valence-corrected chi connectivity index (χ0v) is 21.7. The van der Waals surface area contributed by atoms with Gasteiger partial charge in [0, 0.05) is 52.9 Å². The fourth-order valence-electron chi connectivity index (χ4n) is 4.70. The second kappa shape index (κ2) is 10.1. The highest BCUT2D eigenvalue weighted by Gasteiger charge is 2.20.